The maximum Gasteiger partial charge on any atom is 0.129 e. The highest BCUT2D eigenvalue weighted by molar-refractivity contribution is 6.29. The number of pyridine rings is 1. The fourth-order valence-corrected chi connectivity index (χ4v) is 1.75. The van der Waals surface area contributed by atoms with Crippen LogP contribution in [0.5, 0.6) is 0 Å². The second kappa shape index (κ2) is 7.64. The molecule has 0 spiro atoms. The predicted octanol–water partition coefficient (Wildman–Crippen LogP) is 4.22. The molecule has 0 fully saturated rings. The fraction of sp³-hybridized carbons (Fsp3) is 0.615. The van der Waals surface area contributed by atoms with Crippen molar-refractivity contribution in [1.82, 2.24) is 4.98 Å². The molecule has 1 aromatic rings. The molecule has 0 bridgehead atoms. The van der Waals surface area contributed by atoms with Gasteiger partial charge in [-0.15, -0.1) is 0 Å². The van der Waals surface area contributed by atoms with Gasteiger partial charge in [-0.3, -0.25) is 0 Å². The zero-order valence-electron chi connectivity index (χ0n) is 10.1. The van der Waals surface area contributed by atoms with Crippen LogP contribution in [0.2, 0.25) is 5.15 Å². The normalized spacial score (nSPS) is 12.7. The van der Waals surface area contributed by atoms with Crippen LogP contribution in [-0.2, 0) is 11.3 Å². The van der Waals surface area contributed by atoms with Crippen molar-refractivity contribution in [3.63, 3.8) is 0 Å². The summed E-state index contributed by atoms with van der Waals surface area (Å²) in [5, 5.41) is 0.530. The molecular weight excluding hydrogens is 222 g/mol. The van der Waals surface area contributed by atoms with E-state index >= 15 is 0 Å². The molecule has 1 heterocycles. The zero-order chi connectivity index (χ0) is 11.8. The van der Waals surface area contributed by atoms with Crippen molar-refractivity contribution in [2.45, 2.75) is 52.2 Å². The lowest BCUT2D eigenvalue weighted by Gasteiger charge is -2.15. The van der Waals surface area contributed by atoms with Gasteiger partial charge >= 0.3 is 0 Å². The highest BCUT2D eigenvalue weighted by atomic mass is 35.5. The minimum absolute atomic E-state index is 0.348. The van der Waals surface area contributed by atoms with E-state index in [4.69, 9.17) is 16.3 Å². The number of nitrogens with zero attached hydrogens (tertiary/aromatic N) is 1. The van der Waals surface area contributed by atoms with Gasteiger partial charge in [0, 0.05) is 0 Å². The molecule has 3 heteroatoms. The van der Waals surface area contributed by atoms with Crippen molar-refractivity contribution < 1.29 is 4.74 Å². The van der Waals surface area contributed by atoms with Gasteiger partial charge in [-0.25, -0.2) is 4.98 Å². The maximum atomic E-state index is 5.81. The molecule has 0 amide bonds. The van der Waals surface area contributed by atoms with Crippen molar-refractivity contribution >= 4 is 11.6 Å². The predicted molar refractivity (Wildman–Crippen MR) is 67.6 cm³/mol. The van der Waals surface area contributed by atoms with Gasteiger partial charge in [0.15, 0.2) is 0 Å². The summed E-state index contributed by atoms with van der Waals surface area (Å²) in [7, 11) is 0. The third-order valence-electron chi connectivity index (χ3n) is 2.57. The smallest absolute Gasteiger partial charge is 0.129 e. The van der Waals surface area contributed by atoms with Crippen molar-refractivity contribution in [1.29, 1.82) is 0 Å². The largest absolute Gasteiger partial charge is 0.372 e. The van der Waals surface area contributed by atoms with Crippen LogP contribution in [0.1, 0.15) is 45.2 Å². The van der Waals surface area contributed by atoms with E-state index in [0.29, 0.717) is 17.9 Å². The van der Waals surface area contributed by atoms with Crippen LogP contribution in [0, 0.1) is 0 Å². The van der Waals surface area contributed by atoms with Gasteiger partial charge in [0.25, 0.3) is 0 Å². The fourth-order valence-electron chi connectivity index (χ4n) is 1.57. The third-order valence-corrected chi connectivity index (χ3v) is 2.79. The van der Waals surface area contributed by atoms with E-state index in [2.05, 4.69) is 18.8 Å². The van der Waals surface area contributed by atoms with Crippen LogP contribution >= 0.6 is 11.6 Å². The lowest BCUT2D eigenvalue weighted by atomic mass is 10.1. The van der Waals surface area contributed by atoms with Crippen molar-refractivity contribution in [3.8, 4) is 0 Å². The lowest BCUT2D eigenvalue weighted by molar-refractivity contribution is 0.0295. The SMILES string of the molecule is CCCC[C@@H](CC)OCc1cccc(Cl)n1. The molecule has 0 unspecified atom stereocenters. The number of halogens is 1. The minimum Gasteiger partial charge on any atom is -0.372 e. The first kappa shape index (κ1) is 13.5. The van der Waals surface area contributed by atoms with Crippen molar-refractivity contribution in [2.24, 2.45) is 0 Å². The van der Waals surface area contributed by atoms with Crippen LogP contribution in [0.4, 0.5) is 0 Å². The van der Waals surface area contributed by atoms with Crippen LogP contribution in [-0.4, -0.2) is 11.1 Å². The molecule has 16 heavy (non-hydrogen) atoms. The third kappa shape index (κ3) is 4.95. The highest BCUT2D eigenvalue weighted by Gasteiger charge is 2.06. The van der Waals surface area contributed by atoms with Gasteiger partial charge in [0.1, 0.15) is 5.15 Å². The molecule has 0 saturated carbocycles. The number of ether oxygens (including phenoxy) is 1. The first-order valence-electron chi connectivity index (χ1n) is 5.99. The summed E-state index contributed by atoms with van der Waals surface area (Å²) in [6.07, 6.45) is 4.98. The van der Waals surface area contributed by atoms with Gasteiger partial charge in [-0.1, -0.05) is 44.4 Å². The molecule has 0 radical (unpaired) electrons. The second-order valence-electron chi connectivity index (χ2n) is 3.94. The Balaban J connectivity index is 2.37. The standard InChI is InChI=1S/C13H20ClNO/c1-3-5-8-12(4-2)16-10-11-7-6-9-13(14)15-11/h6-7,9,12H,3-5,8,10H2,1-2H3/t12-/m1/s1. The van der Waals surface area contributed by atoms with E-state index in [1.165, 1.54) is 12.8 Å². The Hall–Kier alpha value is -0.600. The Labute approximate surface area is 103 Å². The molecule has 0 N–H and O–H groups in total. The number of hydrogen-bond donors (Lipinski definition) is 0. The van der Waals surface area contributed by atoms with E-state index in [1.807, 2.05) is 12.1 Å². The molecular formula is C13H20ClNO. The van der Waals surface area contributed by atoms with Crippen LogP contribution in [0.25, 0.3) is 0 Å². The van der Waals surface area contributed by atoms with Gasteiger partial charge < -0.3 is 4.74 Å². The van der Waals surface area contributed by atoms with Crippen LogP contribution in [0.3, 0.4) is 0 Å². The molecule has 1 atom stereocenters. The lowest BCUT2D eigenvalue weighted by Crippen LogP contribution is -2.12. The average molecular weight is 242 g/mol. The van der Waals surface area contributed by atoms with Crippen LogP contribution in [0.15, 0.2) is 18.2 Å². The first-order valence-corrected chi connectivity index (χ1v) is 6.37. The van der Waals surface area contributed by atoms with Crippen molar-refractivity contribution in [2.75, 3.05) is 0 Å². The van der Waals surface area contributed by atoms with E-state index < -0.39 is 0 Å². The number of hydrogen-bond acceptors (Lipinski definition) is 2. The van der Waals surface area contributed by atoms with E-state index in [9.17, 15) is 0 Å². The summed E-state index contributed by atoms with van der Waals surface area (Å²) in [5.74, 6) is 0. The minimum atomic E-state index is 0.348. The molecule has 1 aromatic heterocycles. The molecule has 1 rings (SSSR count). The summed E-state index contributed by atoms with van der Waals surface area (Å²) < 4.78 is 5.81. The first-order chi connectivity index (χ1) is 7.76. The highest BCUT2D eigenvalue weighted by Crippen LogP contribution is 2.12. The molecule has 0 aromatic carbocycles. The number of unbranched alkanes of at least 4 members (excludes halogenated alkanes) is 1. The average Bonchev–Trinajstić information content (AvgIpc) is 2.29. The Bertz CT molecular complexity index is 304. The molecule has 0 saturated heterocycles. The van der Waals surface area contributed by atoms with Crippen molar-refractivity contribution in [3.05, 3.63) is 29.0 Å². The topological polar surface area (TPSA) is 22.1 Å². The van der Waals surface area contributed by atoms with E-state index in [0.717, 1.165) is 18.5 Å². The Morgan fingerprint density at radius 1 is 1.38 bits per heavy atom. The monoisotopic (exact) mass is 241 g/mol. The molecule has 0 aliphatic heterocycles. The maximum absolute atomic E-state index is 5.81. The molecule has 90 valence electrons. The molecule has 2 nitrogen and oxygen atoms in total. The number of rotatable bonds is 7. The Kier molecular flexibility index (Phi) is 6.43. The zero-order valence-corrected chi connectivity index (χ0v) is 10.8. The number of aromatic nitrogens is 1. The summed E-state index contributed by atoms with van der Waals surface area (Å²) in [4.78, 5) is 4.20. The summed E-state index contributed by atoms with van der Waals surface area (Å²) in [6, 6.07) is 5.62. The summed E-state index contributed by atoms with van der Waals surface area (Å²) in [5.41, 5.74) is 0.905. The summed E-state index contributed by atoms with van der Waals surface area (Å²) in [6.45, 7) is 4.92. The second-order valence-corrected chi connectivity index (χ2v) is 4.32. The van der Waals surface area contributed by atoms with Gasteiger partial charge in [0.2, 0.25) is 0 Å². The van der Waals surface area contributed by atoms with E-state index in [1.54, 1.807) is 6.07 Å². The Morgan fingerprint density at radius 3 is 2.81 bits per heavy atom. The van der Waals surface area contributed by atoms with Gasteiger partial charge in [-0.05, 0) is 25.0 Å². The quantitative estimate of drug-likeness (QED) is 0.667. The molecule has 0 aliphatic carbocycles. The van der Waals surface area contributed by atoms with Gasteiger partial charge in [-0.2, -0.15) is 0 Å². The van der Waals surface area contributed by atoms with Crippen LogP contribution < -0.4 is 0 Å². The van der Waals surface area contributed by atoms with E-state index in [-0.39, 0.29) is 0 Å². The van der Waals surface area contributed by atoms with Gasteiger partial charge in [0.05, 0.1) is 18.4 Å². The Morgan fingerprint density at radius 2 is 2.19 bits per heavy atom. The summed E-state index contributed by atoms with van der Waals surface area (Å²) >= 11 is 5.81. The molecule has 0 aliphatic rings.